The summed E-state index contributed by atoms with van der Waals surface area (Å²) in [7, 11) is 0. The molecule has 2 saturated heterocycles. The molecule has 3 rings (SSSR count). The summed E-state index contributed by atoms with van der Waals surface area (Å²) in [5.74, 6) is -0.444. The Labute approximate surface area is 104 Å². The Kier molecular flexibility index (Phi) is 2.81. The summed E-state index contributed by atoms with van der Waals surface area (Å²) >= 11 is 0. The first-order chi connectivity index (χ1) is 8.66. The molecule has 96 valence electrons. The molecule has 1 aromatic carbocycles. The lowest BCUT2D eigenvalue weighted by atomic mass is 9.88. The standard InChI is InChI=1S/C13H14O5/c14-9-6-8-10(15)13(18-9)11(16)12(17-8)7-4-2-1-3-5-7/h1-5,8,10-13,15-16H,6H2/t8-,10-,11+,12-,13+/m1/s1. The molecule has 18 heavy (non-hydrogen) atoms. The zero-order valence-electron chi connectivity index (χ0n) is 9.60. The summed E-state index contributed by atoms with van der Waals surface area (Å²) in [6.07, 6.45) is -4.08. The second-order valence-electron chi connectivity index (χ2n) is 4.65. The summed E-state index contributed by atoms with van der Waals surface area (Å²) in [5, 5.41) is 20.0. The number of hydrogen-bond acceptors (Lipinski definition) is 5. The molecular formula is C13H14O5. The second-order valence-corrected chi connectivity index (χ2v) is 4.65. The Balaban J connectivity index is 1.89. The number of benzene rings is 1. The van der Waals surface area contributed by atoms with Crippen molar-refractivity contribution in [2.45, 2.75) is 36.9 Å². The van der Waals surface area contributed by atoms with Crippen LogP contribution in [0.4, 0.5) is 0 Å². The smallest absolute Gasteiger partial charge is 0.308 e. The van der Waals surface area contributed by atoms with E-state index in [-0.39, 0.29) is 6.42 Å². The highest BCUT2D eigenvalue weighted by Gasteiger charge is 2.50. The molecule has 0 spiro atoms. The summed E-state index contributed by atoms with van der Waals surface area (Å²) in [6.45, 7) is 0. The summed E-state index contributed by atoms with van der Waals surface area (Å²) in [4.78, 5) is 11.3. The number of fused-ring (bicyclic) bond motifs is 2. The van der Waals surface area contributed by atoms with Crippen LogP contribution >= 0.6 is 0 Å². The first kappa shape index (κ1) is 11.6. The van der Waals surface area contributed by atoms with E-state index in [9.17, 15) is 15.0 Å². The van der Waals surface area contributed by atoms with Gasteiger partial charge in [-0.05, 0) is 5.56 Å². The Hall–Kier alpha value is -1.43. The fourth-order valence-electron chi connectivity index (χ4n) is 2.53. The molecule has 0 amide bonds. The topological polar surface area (TPSA) is 76.0 Å². The van der Waals surface area contributed by atoms with Crippen molar-refractivity contribution in [3.63, 3.8) is 0 Å². The fraction of sp³-hybridized carbons (Fsp3) is 0.462. The van der Waals surface area contributed by atoms with E-state index in [2.05, 4.69) is 0 Å². The monoisotopic (exact) mass is 250 g/mol. The molecule has 5 nitrogen and oxygen atoms in total. The number of rotatable bonds is 1. The molecule has 0 aromatic heterocycles. The van der Waals surface area contributed by atoms with Crippen LogP contribution < -0.4 is 0 Å². The molecule has 0 radical (unpaired) electrons. The van der Waals surface area contributed by atoms with E-state index in [1.54, 1.807) is 0 Å². The average molecular weight is 250 g/mol. The van der Waals surface area contributed by atoms with Crippen molar-refractivity contribution in [3.8, 4) is 0 Å². The van der Waals surface area contributed by atoms with Crippen LogP contribution in [0.15, 0.2) is 30.3 Å². The maximum absolute atomic E-state index is 11.3. The van der Waals surface area contributed by atoms with Gasteiger partial charge < -0.3 is 19.7 Å². The zero-order valence-corrected chi connectivity index (χ0v) is 9.60. The number of esters is 1. The third-order valence-electron chi connectivity index (χ3n) is 3.45. The van der Waals surface area contributed by atoms with Gasteiger partial charge in [0.1, 0.15) is 18.3 Å². The Morgan fingerprint density at radius 2 is 1.83 bits per heavy atom. The Morgan fingerprint density at radius 3 is 2.56 bits per heavy atom. The van der Waals surface area contributed by atoms with Crippen LogP contribution in [0.2, 0.25) is 0 Å². The van der Waals surface area contributed by atoms with Crippen LogP contribution in [-0.2, 0) is 14.3 Å². The number of carbonyl (C=O) groups is 1. The van der Waals surface area contributed by atoms with Gasteiger partial charge >= 0.3 is 5.97 Å². The van der Waals surface area contributed by atoms with Gasteiger partial charge in [-0.15, -0.1) is 0 Å². The van der Waals surface area contributed by atoms with E-state index in [4.69, 9.17) is 9.47 Å². The average Bonchev–Trinajstić information content (AvgIpc) is 2.37. The number of ether oxygens (including phenoxy) is 2. The summed E-state index contributed by atoms with van der Waals surface area (Å²) in [6, 6.07) is 9.23. The van der Waals surface area contributed by atoms with Gasteiger partial charge in [-0.3, -0.25) is 4.79 Å². The summed E-state index contributed by atoms with van der Waals surface area (Å²) < 4.78 is 10.7. The SMILES string of the molecule is O=C1C[C@H]2O[C@H](c3ccccc3)[C@H](O)[C@@H](O1)[C@@H]2O. The summed E-state index contributed by atoms with van der Waals surface area (Å²) in [5.41, 5.74) is 0.810. The highest BCUT2D eigenvalue weighted by Crippen LogP contribution is 2.37. The van der Waals surface area contributed by atoms with Gasteiger partial charge in [0, 0.05) is 0 Å². The maximum atomic E-state index is 11.3. The highest BCUT2D eigenvalue weighted by molar-refractivity contribution is 5.71. The molecule has 2 aliphatic rings. The van der Waals surface area contributed by atoms with E-state index >= 15 is 0 Å². The van der Waals surface area contributed by atoms with Crippen molar-refractivity contribution >= 4 is 5.97 Å². The van der Waals surface area contributed by atoms with E-state index in [1.807, 2.05) is 30.3 Å². The molecular weight excluding hydrogens is 236 g/mol. The molecule has 0 unspecified atom stereocenters. The maximum Gasteiger partial charge on any atom is 0.308 e. The van der Waals surface area contributed by atoms with Crippen LogP contribution in [0.5, 0.6) is 0 Å². The fourth-order valence-corrected chi connectivity index (χ4v) is 2.53. The predicted molar refractivity (Wildman–Crippen MR) is 60.6 cm³/mol. The number of hydrogen-bond donors (Lipinski definition) is 2. The molecule has 2 aliphatic heterocycles. The van der Waals surface area contributed by atoms with Crippen LogP contribution in [0.1, 0.15) is 18.1 Å². The van der Waals surface area contributed by atoms with Crippen LogP contribution in [-0.4, -0.2) is 40.6 Å². The first-order valence-corrected chi connectivity index (χ1v) is 5.93. The molecule has 2 heterocycles. The van der Waals surface area contributed by atoms with Crippen LogP contribution in [0, 0.1) is 0 Å². The lowest BCUT2D eigenvalue weighted by molar-refractivity contribution is -0.257. The number of aliphatic hydroxyl groups excluding tert-OH is 2. The molecule has 2 bridgehead atoms. The number of aliphatic hydroxyl groups is 2. The largest absolute Gasteiger partial charge is 0.457 e. The molecule has 0 saturated carbocycles. The zero-order chi connectivity index (χ0) is 12.7. The second kappa shape index (κ2) is 4.35. The van der Waals surface area contributed by atoms with E-state index < -0.39 is 36.5 Å². The van der Waals surface area contributed by atoms with Gasteiger partial charge in [-0.25, -0.2) is 0 Å². The first-order valence-electron chi connectivity index (χ1n) is 5.93. The van der Waals surface area contributed by atoms with Gasteiger partial charge in [0.15, 0.2) is 6.10 Å². The Bertz CT molecular complexity index is 446. The molecule has 2 N–H and O–H groups in total. The van der Waals surface area contributed by atoms with Gasteiger partial charge in [-0.1, -0.05) is 30.3 Å². The normalized spacial score (nSPS) is 39.2. The van der Waals surface area contributed by atoms with Crippen molar-refractivity contribution in [1.82, 2.24) is 0 Å². The van der Waals surface area contributed by atoms with Gasteiger partial charge in [0.25, 0.3) is 0 Å². The van der Waals surface area contributed by atoms with Gasteiger partial charge in [-0.2, -0.15) is 0 Å². The predicted octanol–water partition coefficient (Wildman–Crippen LogP) is 0.164. The third-order valence-corrected chi connectivity index (χ3v) is 3.45. The van der Waals surface area contributed by atoms with Crippen molar-refractivity contribution in [1.29, 1.82) is 0 Å². The third kappa shape index (κ3) is 1.80. The minimum absolute atomic E-state index is 0.0215. The van der Waals surface area contributed by atoms with Gasteiger partial charge in [0.2, 0.25) is 0 Å². The van der Waals surface area contributed by atoms with E-state index in [0.29, 0.717) is 0 Å². The van der Waals surface area contributed by atoms with Crippen LogP contribution in [0.25, 0.3) is 0 Å². The molecule has 5 atom stereocenters. The van der Waals surface area contributed by atoms with Gasteiger partial charge in [0.05, 0.1) is 12.5 Å². The van der Waals surface area contributed by atoms with Crippen molar-refractivity contribution in [2.75, 3.05) is 0 Å². The van der Waals surface area contributed by atoms with Crippen molar-refractivity contribution in [3.05, 3.63) is 35.9 Å². The Morgan fingerprint density at radius 1 is 1.11 bits per heavy atom. The van der Waals surface area contributed by atoms with E-state index in [0.717, 1.165) is 5.56 Å². The minimum atomic E-state index is -1.05. The molecule has 5 heteroatoms. The lowest BCUT2D eigenvalue weighted by Gasteiger charge is -2.45. The van der Waals surface area contributed by atoms with Crippen molar-refractivity contribution in [2.24, 2.45) is 0 Å². The highest BCUT2D eigenvalue weighted by atomic mass is 16.6. The quantitative estimate of drug-likeness (QED) is 0.695. The molecule has 0 aliphatic carbocycles. The van der Waals surface area contributed by atoms with Crippen molar-refractivity contribution < 1.29 is 24.5 Å². The minimum Gasteiger partial charge on any atom is -0.457 e. The van der Waals surface area contributed by atoms with E-state index in [1.165, 1.54) is 0 Å². The lowest BCUT2D eigenvalue weighted by Crippen LogP contribution is -2.59. The van der Waals surface area contributed by atoms with Crippen LogP contribution in [0.3, 0.4) is 0 Å². The molecule has 2 fully saturated rings. The number of carbonyl (C=O) groups excluding carboxylic acids is 1. The molecule has 1 aromatic rings.